The first-order valence-corrected chi connectivity index (χ1v) is 11.8. The third kappa shape index (κ3) is 6.07. The molecule has 0 bridgehead atoms. The van der Waals surface area contributed by atoms with E-state index in [0.29, 0.717) is 23.8 Å². The molecule has 0 N–H and O–H groups in total. The van der Waals surface area contributed by atoms with Gasteiger partial charge in [0.05, 0.1) is 23.8 Å². The zero-order chi connectivity index (χ0) is 24.5. The summed E-state index contributed by atoms with van der Waals surface area (Å²) in [7, 11) is 0. The van der Waals surface area contributed by atoms with Crippen LogP contribution in [-0.4, -0.2) is 24.1 Å². The number of nitrogens with zero attached hydrogens (tertiary/aromatic N) is 1. The second kappa shape index (κ2) is 10.1. The number of halogens is 7. The number of hydrogen-bond acceptors (Lipinski definition) is 2. The molecule has 2 aliphatic rings. The molecule has 2 aromatic carbocycles. The molecule has 9 heteroatoms. The maximum atomic E-state index is 13.1. The minimum absolute atomic E-state index is 0.127. The summed E-state index contributed by atoms with van der Waals surface area (Å²) in [6.45, 7) is 1.22. The van der Waals surface area contributed by atoms with Gasteiger partial charge in [-0.15, -0.1) is 0 Å². The quantitative estimate of drug-likeness (QED) is 0.370. The Labute approximate surface area is 199 Å². The average molecular weight is 506 g/mol. The number of ether oxygens (including phenoxy) is 1. The maximum Gasteiger partial charge on any atom is 0.416 e. The van der Waals surface area contributed by atoms with Crippen LogP contribution in [-0.2, 0) is 23.7 Å². The van der Waals surface area contributed by atoms with Gasteiger partial charge in [-0.05, 0) is 73.1 Å². The van der Waals surface area contributed by atoms with Crippen LogP contribution < -0.4 is 0 Å². The summed E-state index contributed by atoms with van der Waals surface area (Å²) in [5.74, 6) is 0.574. The van der Waals surface area contributed by atoms with Crippen LogP contribution in [0.2, 0.25) is 5.02 Å². The molecule has 4 rings (SSSR count). The first-order valence-electron chi connectivity index (χ1n) is 11.4. The van der Waals surface area contributed by atoms with Gasteiger partial charge < -0.3 is 4.74 Å². The smallest absolute Gasteiger partial charge is 0.373 e. The Bertz CT molecular complexity index is 931. The van der Waals surface area contributed by atoms with E-state index in [2.05, 4.69) is 17.0 Å². The molecule has 1 unspecified atom stereocenters. The highest BCUT2D eigenvalue weighted by molar-refractivity contribution is 6.30. The number of rotatable bonds is 6. The van der Waals surface area contributed by atoms with Gasteiger partial charge in [0.2, 0.25) is 0 Å². The third-order valence-corrected chi connectivity index (χ3v) is 7.06. The second-order valence-corrected chi connectivity index (χ2v) is 9.58. The van der Waals surface area contributed by atoms with Crippen LogP contribution in [0, 0.1) is 5.92 Å². The van der Waals surface area contributed by atoms with Gasteiger partial charge in [-0.3, -0.25) is 4.90 Å². The van der Waals surface area contributed by atoms with E-state index in [1.807, 2.05) is 12.1 Å². The van der Waals surface area contributed by atoms with Crippen LogP contribution in [0.15, 0.2) is 42.5 Å². The van der Waals surface area contributed by atoms with Gasteiger partial charge in [-0.1, -0.05) is 30.2 Å². The average Bonchev–Trinajstić information content (AvgIpc) is 2.74. The molecular formula is C25H26ClF6NO. The van der Waals surface area contributed by atoms with Gasteiger partial charge in [0.15, 0.2) is 0 Å². The van der Waals surface area contributed by atoms with Crippen molar-refractivity contribution >= 4 is 11.6 Å². The lowest BCUT2D eigenvalue weighted by Gasteiger charge is -2.44. The predicted octanol–water partition coefficient (Wildman–Crippen LogP) is 7.90. The van der Waals surface area contributed by atoms with E-state index in [1.54, 1.807) is 0 Å². The van der Waals surface area contributed by atoms with Crippen molar-refractivity contribution < 1.29 is 31.1 Å². The van der Waals surface area contributed by atoms with E-state index < -0.39 is 23.5 Å². The van der Waals surface area contributed by atoms with Crippen molar-refractivity contribution in [1.82, 2.24) is 4.90 Å². The van der Waals surface area contributed by atoms with E-state index in [9.17, 15) is 26.3 Å². The van der Waals surface area contributed by atoms with Crippen LogP contribution in [0.4, 0.5) is 26.3 Å². The minimum Gasteiger partial charge on any atom is -0.373 e. The molecule has 0 radical (unpaired) electrons. The molecule has 34 heavy (non-hydrogen) atoms. The van der Waals surface area contributed by atoms with E-state index in [0.717, 1.165) is 25.2 Å². The van der Waals surface area contributed by atoms with Crippen molar-refractivity contribution in [3.8, 4) is 0 Å². The zero-order valence-corrected chi connectivity index (χ0v) is 19.2. The molecule has 1 atom stereocenters. The number of piperidine rings is 1. The highest BCUT2D eigenvalue weighted by Gasteiger charge is 2.37. The molecule has 1 heterocycles. The predicted molar refractivity (Wildman–Crippen MR) is 117 cm³/mol. The molecule has 0 spiro atoms. The molecule has 1 saturated carbocycles. The molecule has 2 fully saturated rings. The number of likely N-dealkylation sites (tertiary alicyclic amines) is 1. The van der Waals surface area contributed by atoms with Gasteiger partial charge in [0, 0.05) is 24.2 Å². The van der Waals surface area contributed by atoms with Crippen LogP contribution in [0.3, 0.4) is 0 Å². The number of hydrogen-bond donors (Lipinski definition) is 0. The van der Waals surface area contributed by atoms with Crippen molar-refractivity contribution in [1.29, 1.82) is 0 Å². The first kappa shape index (κ1) is 25.3. The van der Waals surface area contributed by atoms with E-state index in [1.165, 1.54) is 24.8 Å². The first-order chi connectivity index (χ1) is 16.0. The van der Waals surface area contributed by atoms with Crippen molar-refractivity contribution in [2.45, 2.75) is 63.2 Å². The SMILES string of the molecule is FC(F)(F)c1cc(COC2CCN(C(c3ccc(Cl)cc3)C3CCC3)CC2)cc(C(F)(F)F)c1. The van der Waals surface area contributed by atoms with Crippen molar-refractivity contribution in [2.24, 2.45) is 5.92 Å². The Morgan fingerprint density at radius 3 is 1.88 bits per heavy atom. The second-order valence-electron chi connectivity index (χ2n) is 9.15. The maximum absolute atomic E-state index is 13.1. The highest BCUT2D eigenvalue weighted by atomic mass is 35.5. The lowest BCUT2D eigenvalue weighted by molar-refractivity contribution is -0.143. The van der Waals surface area contributed by atoms with Crippen molar-refractivity contribution in [3.63, 3.8) is 0 Å². The molecule has 186 valence electrons. The van der Waals surface area contributed by atoms with Crippen molar-refractivity contribution in [2.75, 3.05) is 13.1 Å². The number of alkyl halides is 6. The van der Waals surface area contributed by atoms with E-state index in [-0.39, 0.29) is 30.4 Å². The summed E-state index contributed by atoms with van der Waals surface area (Å²) < 4.78 is 84.3. The molecule has 0 aromatic heterocycles. The molecule has 0 amide bonds. The lowest BCUT2D eigenvalue weighted by Crippen LogP contribution is -2.43. The summed E-state index contributed by atoms with van der Waals surface area (Å²) in [6.07, 6.45) is -5.05. The molecule has 2 nitrogen and oxygen atoms in total. The van der Waals surface area contributed by atoms with Gasteiger partial charge in [0.1, 0.15) is 0 Å². The minimum atomic E-state index is -4.86. The monoisotopic (exact) mass is 505 g/mol. The Kier molecular flexibility index (Phi) is 7.50. The molecule has 1 aliphatic carbocycles. The molecule has 2 aromatic rings. The van der Waals surface area contributed by atoms with Gasteiger partial charge in [-0.2, -0.15) is 26.3 Å². The number of benzene rings is 2. The fourth-order valence-electron chi connectivity index (χ4n) is 4.83. The summed E-state index contributed by atoms with van der Waals surface area (Å²) in [6, 6.07) is 9.78. The van der Waals surface area contributed by atoms with E-state index >= 15 is 0 Å². The third-order valence-electron chi connectivity index (χ3n) is 6.81. The molecule has 1 saturated heterocycles. The van der Waals surface area contributed by atoms with Gasteiger partial charge in [0.25, 0.3) is 0 Å². The summed E-state index contributed by atoms with van der Waals surface area (Å²) in [5, 5.41) is 0.687. The van der Waals surface area contributed by atoms with E-state index in [4.69, 9.17) is 16.3 Å². The molecule has 1 aliphatic heterocycles. The Morgan fingerprint density at radius 2 is 1.41 bits per heavy atom. The van der Waals surface area contributed by atoms with Gasteiger partial charge >= 0.3 is 12.4 Å². The topological polar surface area (TPSA) is 12.5 Å². The Morgan fingerprint density at radius 1 is 0.853 bits per heavy atom. The van der Waals surface area contributed by atoms with Crippen LogP contribution in [0.25, 0.3) is 0 Å². The summed E-state index contributed by atoms with van der Waals surface area (Å²) in [4.78, 5) is 2.42. The molecular weight excluding hydrogens is 480 g/mol. The lowest BCUT2D eigenvalue weighted by atomic mass is 9.76. The van der Waals surface area contributed by atoms with Crippen LogP contribution in [0.5, 0.6) is 0 Å². The van der Waals surface area contributed by atoms with Crippen LogP contribution >= 0.6 is 11.6 Å². The van der Waals surface area contributed by atoms with Gasteiger partial charge in [-0.25, -0.2) is 0 Å². The fourth-order valence-corrected chi connectivity index (χ4v) is 4.96. The van der Waals surface area contributed by atoms with Crippen LogP contribution in [0.1, 0.15) is 60.4 Å². The Balaban J connectivity index is 1.39. The summed E-state index contributed by atoms with van der Waals surface area (Å²) in [5.41, 5.74) is -1.54. The summed E-state index contributed by atoms with van der Waals surface area (Å²) >= 11 is 6.05. The standard InChI is InChI=1S/C25H26ClF6NO/c26-21-6-4-18(5-7-21)23(17-2-1-3-17)33-10-8-22(9-11-33)34-15-16-12-19(24(27,28)29)14-20(13-16)25(30,31)32/h4-7,12-14,17,22-23H,1-3,8-11,15H2. The largest absolute Gasteiger partial charge is 0.416 e. The normalized spacial score (nSPS) is 19.7. The highest BCUT2D eigenvalue weighted by Crippen LogP contribution is 2.43. The fraction of sp³-hybridized carbons (Fsp3) is 0.520. The zero-order valence-electron chi connectivity index (χ0n) is 18.4. The Hall–Kier alpha value is -1.77. The van der Waals surface area contributed by atoms with Crippen molar-refractivity contribution in [3.05, 3.63) is 69.7 Å².